The molecule has 8 nitrogen and oxygen atoms in total. The van der Waals surface area contributed by atoms with Crippen LogP contribution in [0, 0.1) is 0 Å². The first-order valence-corrected chi connectivity index (χ1v) is 13.2. The highest BCUT2D eigenvalue weighted by atomic mass is 16.5. The van der Waals surface area contributed by atoms with E-state index in [2.05, 4.69) is 38.7 Å². The predicted molar refractivity (Wildman–Crippen MR) is 154 cm³/mol. The lowest BCUT2D eigenvalue weighted by Gasteiger charge is -2.29. The number of rotatable bonds is 9. The Kier molecular flexibility index (Phi) is 8.37. The van der Waals surface area contributed by atoms with Crippen molar-refractivity contribution in [2.75, 3.05) is 26.1 Å². The van der Waals surface area contributed by atoms with Crippen LogP contribution in [0.1, 0.15) is 43.0 Å². The Labute approximate surface area is 234 Å². The average molecular weight is 537 g/mol. The molecule has 40 heavy (non-hydrogen) atoms. The number of nitrogens with zero attached hydrogens (tertiary/aromatic N) is 2. The number of aromatic nitrogens is 1. The number of nitrogens with one attached hydrogen (secondary N) is 2. The van der Waals surface area contributed by atoms with Crippen molar-refractivity contribution in [2.45, 2.75) is 26.1 Å². The Morgan fingerprint density at radius 1 is 0.850 bits per heavy atom. The third-order valence-corrected chi connectivity index (χ3v) is 6.97. The van der Waals surface area contributed by atoms with Gasteiger partial charge in [-0.25, -0.2) is 0 Å². The van der Waals surface area contributed by atoms with Crippen molar-refractivity contribution in [2.24, 2.45) is 0 Å². The minimum Gasteiger partial charge on any atom is -0.493 e. The first kappa shape index (κ1) is 26.9. The van der Waals surface area contributed by atoms with Crippen molar-refractivity contribution in [1.29, 1.82) is 0 Å². The van der Waals surface area contributed by atoms with Crippen LogP contribution in [0.15, 0.2) is 85.2 Å². The van der Waals surface area contributed by atoms with Crippen LogP contribution in [0.3, 0.4) is 0 Å². The molecule has 0 unspecified atom stereocenters. The SMILES string of the molecule is COc1ccc(C(=O)NCc2cccc(C(=O)Nc3ccc4c(c3)CN(Cc3cccnc3)CC4)c2)cc1OC. The first-order chi connectivity index (χ1) is 19.5. The van der Waals surface area contributed by atoms with Crippen LogP contribution in [0.2, 0.25) is 0 Å². The van der Waals surface area contributed by atoms with Crippen LogP contribution >= 0.6 is 0 Å². The van der Waals surface area contributed by atoms with Crippen molar-refractivity contribution in [1.82, 2.24) is 15.2 Å². The number of hydrogen-bond acceptors (Lipinski definition) is 6. The molecule has 2 amide bonds. The largest absolute Gasteiger partial charge is 0.493 e. The number of carbonyl (C=O) groups excluding carboxylic acids is 2. The van der Waals surface area contributed by atoms with Gasteiger partial charge in [0.25, 0.3) is 11.8 Å². The molecule has 3 aromatic carbocycles. The fourth-order valence-electron chi connectivity index (χ4n) is 4.87. The molecule has 0 fully saturated rings. The number of methoxy groups -OCH3 is 2. The van der Waals surface area contributed by atoms with Gasteiger partial charge in [-0.05, 0) is 77.2 Å². The lowest BCUT2D eigenvalue weighted by atomic mass is 9.98. The summed E-state index contributed by atoms with van der Waals surface area (Å²) in [5.74, 6) is 0.592. The van der Waals surface area contributed by atoms with Crippen molar-refractivity contribution in [3.63, 3.8) is 0 Å². The molecule has 2 N–H and O–H groups in total. The quantitative estimate of drug-likeness (QED) is 0.318. The Balaban J connectivity index is 1.20. The molecule has 4 aromatic rings. The molecule has 0 aliphatic carbocycles. The molecule has 1 aliphatic rings. The summed E-state index contributed by atoms with van der Waals surface area (Å²) < 4.78 is 10.5. The van der Waals surface area contributed by atoms with Gasteiger partial charge in [0.1, 0.15) is 0 Å². The molecule has 0 spiro atoms. The van der Waals surface area contributed by atoms with Gasteiger partial charge in [0, 0.05) is 55.4 Å². The first-order valence-electron chi connectivity index (χ1n) is 13.2. The van der Waals surface area contributed by atoms with E-state index in [1.165, 1.54) is 23.8 Å². The highest BCUT2D eigenvalue weighted by Crippen LogP contribution is 2.28. The molecule has 0 saturated heterocycles. The lowest BCUT2D eigenvalue weighted by Crippen LogP contribution is -2.30. The Morgan fingerprint density at radius 3 is 2.48 bits per heavy atom. The van der Waals surface area contributed by atoms with E-state index < -0.39 is 0 Å². The van der Waals surface area contributed by atoms with Crippen LogP contribution in [0.4, 0.5) is 5.69 Å². The van der Waals surface area contributed by atoms with E-state index in [1.807, 2.05) is 30.5 Å². The minimum absolute atomic E-state index is 0.198. The summed E-state index contributed by atoms with van der Waals surface area (Å²) in [5.41, 5.74) is 6.28. The number of anilines is 1. The summed E-state index contributed by atoms with van der Waals surface area (Å²) in [6.07, 6.45) is 4.67. The van der Waals surface area contributed by atoms with Gasteiger partial charge in [0.2, 0.25) is 0 Å². The number of amides is 2. The zero-order chi connectivity index (χ0) is 27.9. The smallest absolute Gasteiger partial charge is 0.255 e. The van der Waals surface area contributed by atoms with Crippen LogP contribution in [0.25, 0.3) is 0 Å². The fraction of sp³-hybridized carbons (Fsp3) is 0.219. The summed E-state index contributed by atoms with van der Waals surface area (Å²) in [7, 11) is 3.07. The van der Waals surface area contributed by atoms with Crippen molar-refractivity contribution in [3.8, 4) is 11.5 Å². The summed E-state index contributed by atoms with van der Waals surface area (Å²) >= 11 is 0. The zero-order valence-electron chi connectivity index (χ0n) is 22.6. The van der Waals surface area contributed by atoms with Crippen LogP contribution in [-0.2, 0) is 26.1 Å². The number of benzene rings is 3. The second-order valence-corrected chi connectivity index (χ2v) is 9.71. The Morgan fingerprint density at radius 2 is 1.68 bits per heavy atom. The second-order valence-electron chi connectivity index (χ2n) is 9.71. The average Bonchev–Trinajstić information content (AvgIpc) is 3.00. The Bertz CT molecular complexity index is 1510. The highest BCUT2D eigenvalue weighted by Gasteiger charge is 2.18. The zero-order valence-corrected chi connectivity index (χ0v) is 22.6. The molecular weight excluding hydrogens is 504 g/mol. The predicted octanol–water partition coefficient (Wildman–Crippen LogP) is 4.84. The third kappa shape index (κ3) is 6.47. The topological polar surface area (TPSA) is 92.8 Å². The van der Waals surface area contributed by atoms with E-state index in [0.29, 0.717) is 22.6 Å². The van der Waals surface area contributed by atoms with Crippen molar-refractivity contribution in [3.05, 3.63) is 119 Å². The standard InChI is InChI=1S/C32H32N4O4/c1-39-29-11-9-26(17-30(29)40-2)31(37)34-19-22-5-3-7-25(15-22)32(38)35-28-10-8-24-12-14-36(21-27(24)16-28)20-23-6-4-13-33-18-23/h3-11,13,15-18H,12,14,19-21H2,1-2H3,(H,34,37)(H,35,38). The van der Waals surface area contributed by atoms with Gasteiger partial charge >= 0.3 is 0 Å². The van der Waals surface area contributed by atoms with E-state index in [-0.39, 0.29) is 18.4 Å². The summed E-state index contributed by atoms with van der Waals surface area (Å²) in [6.45, 7) is 2.94. The summed E-state index contributed by atoms with van der Waals surface area (Å²) in [4.78, 5) is 32.4. The van der Waals surface area contributed by atoms with Gasteiger partial charge in [0.15, 0.2) is 11.5 Å². The second kappa shape index (κ2) is 12.4. The number of ether oxygens (including phenoxy) is 2. The molecule has 5 rings (SSSR count). The van der Waals surface area contributed by atoms with Crippen LogP contribution in [-0.4, -0.2) is 42.5 Å². The van der Waals surface area contributed by atoms with Gasteiger partial charge < -0.3 is 20.1 Å². The summed E-state index contributed by atoms with van der Waals surface area (Å²) in [6, 6.07) is 22.4. The molecule has 1 aliphatic heterocycles. The van der Waals surface area contributed by atoms with Gasteiger partial charge in [-0.1, -0.05) is 24.3 Å². The van der Waals surface area contributed by atoms with E-state index in [4.69, 9.17) is 9.47 Å². The van der Waals surface area contributed by atoms with Gasteiger partial charge in [-0.3, -0.25) is 19.5 Å². The molecule has 0 saturated carbocycles. The maximum atomic E-state index is 13.1. The maximum absolute atomic E-state index is 13.1. The van der Waals surface area contributed by atoms with Crippen LogP contribution in [0.5, 0.6) is 11.5 Å². The normalized spacial score (nSPS) is 12.8. The molecular formula is C32H32N4O4. The molecule has 0 radical (unpaired) electrons. The van der Waals surface area contributed by atoms with E-state index in [0.717, 1.165) is 37.3 Å². The molecule has 2 heterocycles. The van der Waals surface area contributed by atoms with Crippen molar-refractivity contribution < 1.29 is 19.1 Å². The van der Waals surface area contributed by atoms with Crippen LogP contribution < -0.4 is 20.1 Å². The van der Waals surface area contributed by atoms with E-state index in [1.54, 1.807) is 43.6 Å². The minimum atomic E-state index is -0.248. The molecule has 204 valence electrons. The third-order valence-electron chi connectivity index (χ3n) is 6.97. The highest BCUT2D eigenvalue weighted by molar-refractivity contribution is 6.04. The van der Waals surface area contributed by atoms with Crippen molar-refractivity contribution >= 4 is 17.5 Å². The lowest BCUT2D eigenvalue weighted by molar-refractivity contribution is 0.0950. The van der Waals surface area contributed by atoms with Gasteiger partial charge in [-0.15, -0.1) is 0 Å². The molecule has 0 atom stereocenters. The Hall–Kier alpha value is -4.69. The van der Waals surface area contributed by atoms with E-state index in [9.17, 15) is 9.59 Å². The number of pyridine rings is 1. The maximum Gasteiger partial charge on any atom is 0.255 e. The number of carbonyl (C=O) groups is 2. The van der Waals surface area contributed by atoms with E-state index >= 15 is 0 Å². The number of fused-ring (bicyclic) bond motifs is 1. The molecule has 0 bridgehead atoms. The monoisotopic (exact) mass is 536 g/mol. The molecule has 8 heteroatoms. The number of hydrogen-bond donors (Lipinski definition) is 2. The summed E-state index contributed by atoms with van der Waals surface area (Å²) in [5, 5.41) is 5.93. The fourth-order valence-corrected chi connectivity index (χ4v) is 4.87. The van der Waals surface area contributed by atoms with Gasteiger partial charge in [-0.2, -0.15) is 0 Å². The van der Waals surface area contributed by atoms with Gasteiger partial charge in [0.05, 0.1) is 14.2 Å². The molecule has 1 aromatic heterocycles.